The molecule has 0 N–H and O–H groups in total. The van der Waals surface area contributed by atoms with Crippen molar-refractivity contribution >= 4 is 11.8 Å². The SMILES string of the molecule is CN(C)C(=O)C1(Cc2cccc(-c3cncnc3)c2)CCN(C(=O)C2CCCCC2)CC1. The molecule has 1 saturated heterocycles. The summed E-state index contributed by atoms with van der Waals surface area (Å²) in [6, 6.07) is 8.32. The zero-order valence-electron chi connectivity index (χ0n) is 19.3. The van der Waals surface area contributed by atoms with Gasteiger partial charge in [-0.3, -0.25) is 9.59 Å². The summed E-state index contributed by atoms with van der Waals surface area (Å²) < 4.78 is 0. The fraction of sp³-hybridized carbons (Fsp3) is 0.538. The Bertz CT molecular complexity index is 930. The molecule has 1 aromatic heterocycles. The second-order valence-corrected chi connectivity index (χ2v) is 9.64. The molecule has 1 aromatic carbocycles. The number of likely N-dealkylation sites (tertiary alicyclic amines) is 1. The standard InChI is InChI=1S/C26H34N4O2/c1-29(2)25(32)26(11-13-30(14-12-26)24(31)21-8-4-3-5-9-21)16-20-7-6-10-22(15-20)23-17-27-19-28-18-23/h6-7,10,15,17-19,21H,3-5,8-9,11-14,16H2,1-2H3. The molecule has 2 heterocycles. The van der Waals surface area contributed by atoms with Crippen LogP contribution in [0.2, 0.25) is 0 Å². The first-order valence-corrected chi connectivity index (χ1v) is 11.8. The Balaban J connectivity index is 1.51. The van der Waals surface area contributed by atoms with E-state index in [-0.39, 0.29) is 11.8 Å². The zero-order valence-corrected chi connectivity index (χ0v) is 19.3. The van der Waals surface area contributed by atoms with Crippen molar-refractivity contribution in [2.24, 2.45) is 11.3 Å². The topological polar surface area (TPSA) is 66.4 Å². The summed E-state index contributed by atoms with van der Waals surface area (Å²) in [7, 11) is 3.67. The third-order valence-electron chi connectivity index (χ3n) is 7.21. The van der Waals surface area contributed by atoms with Gasteiger partial charge in [0.15, 0.2) is 0 Å². The van der Waals surface area contributed by atoms with Crippen molar-refractivity contribution in [3.63, 3.8) is 0 Å². The maximum Gasteiger partial charge on any atom is 0.228 e. The number of amides is 2. The molecule has 0 atom stereocenters. The van der Waals surface area contributed by atoms with Gasteiger partial charge in [0.2, 0.25) is 11.8 Å². The van der Waals surface area contributed by atoms with Gasteiger partial charge >= 0.3 is 0 Å². The molecule has 4 rings (SSSR count). The molecule has 2 aliphatic rings. The summed E-state index contributed by atoms with van der Waals surface area (Å²) in [6.07, 6.45) is 12.9. The number of hydrogen-bond acceptors (Lipinski definition) is 4. The van der Waals surface area contributed by atoms with Gasteiger partial charge in [0, 0.05) is 51.1 Å². The van der Waals surface area contributed by atoms with Crippen LogP contribution in [0.5, 0.6) is 0 Å². The number of carbonyl (C=O) groups is 2. The predicted octanol–water partition coefficient (Wildman–Crippen LogP) is 3.96. The number of piperidine rings is 1. The molecule has 1 aliphatic heterocycles. The molecule has 6 heteroatoms. The summed E-state index contributed by atoms with van der Waals surface area (Å²) in [5.41, 5.74) is 2.68. The Morgan fingerprint density at radius 3 is 2.38 bits per heavy atom. The van der Waals surface area contributed by atoms with Crippen molar-refractivity contribution in [2.45, 2.75) is 51.4 Å². The quantitative estimate of drug-likeness (QED) is 0.714. The van der Waals surface area contributed by atoms with Crippen LogP contribution in [-0.2, 0) is 16.0 Å². The lowest BCUT2D eigenvalue weighted by atomic mass is 9.72. The molecule has 170 valence electrons. The smallest absolute Gasteiger partial charge is 0.228 e. The molecule has 2 aromatic rings. The van der Waals surface area contributed by atoms with E-state index in [2.05, 4.69) is 22.1 Å². The van der Waals surface area contributed by atoms with Crippen LogP contribution in [0.4, 0.5) is 0 Å². The van der Waals surface area contributed by atoms with Crippen molar-refractivity contribution in [2.75, 3.05) is 27.2 Å². The average molecular weight is 435 g/mol. The van der Waals surface area contributed by atoms with E-state index in [1.54, 1.807) is 4.90 Å². The largest absolute Gasteiger partial charge is 0.348 e. The maximum absolute atomic E-state index is 13.4. The van der Waals surface area contributed by atoms with E-state index in [0.717, 1.165) is 42.4 Å². The van der Waals surface area contributed by atoms with Crippen LogP contribution in [0, 0.1) is 11.3 Å². The van der Waals surface area contributed by atoms with Crippen LogP contribution in [0.25, 0.3) is 11.1 Å². The summed E-state index contributed by atoms with van der Waals surface area (Å²) in [4.78, 5) is 38.4. The number of rotatable bonds is 5. The van der Waals surface area contributed by atoms with E-state index in [1.165, 1.54) is 12.7 Å². The summed E-state index contributed by atoms with van der Waals surface area (Å²) >= 11 is 0. The monoisotopic (exact) mass is 434 g/mol. The highest BCUT2D eigenvalue weighted by atomic mass is 16.2. The maximum atomic E-state index is 13.4. The normalized spacial score (nSPS) is 18.9. The van der Waals surface area contributed by atoms with Gasteiger partial charge in [-0.25, -0.2) is 9.97 Å². The number of nitrogens with zero attached hydrogens (tertiary/aromatic N) is 4. The molecular weight excluding hydrogens is 400 g/mol. The Morgan fingerprint density at radius 2 is 1.72 bits per heavy atom. The Morgan fingerprint density at radius 1 is 1.03 bits per heavy atom. The van der Waals surface area contributed by atoms with E-state index in [0.29, 0.717) is 38.3 Å². The highest BCUT2D eigenvalue weighted by Gasteiger charge is 2.43. The molecule has 0 bridgehead atoms. The highest BCUT2D eigenvalue weighted by molar-refractivity contribution is 5.84. The lowest BCUT2D eigenvalue weighted by Gasteiger charge is -2.43. The lowest BCUT2D eigenvalue weighted by Crippen LogP contribution is -2.52. The number of carbonyl (C=O) groups excluding carboxylic acids is 2. The van der Waals surface area contributed by atoms with Crippen LogP contribution < -0.4 is 0 Å². The zero-order chi connectivity index (χ0) is 22.6. The van der Waals surface area contributed by atoms with E-state index in [1.807, 2.05) is 43.5 Å². The van der Waals surface area contributed by atoms with Crippen molar-refractivity contribution in [1.29, 1.82) is 0 Å². The van der Waals surface area contributed by atoms with Crippen LogP contribution in [0.1, 0.15) is 50.5 Å². The van der Waals surface area contributed by atoms with Gasteiger partial charge in [-0.2, -0.15) is 0 Å². The Labute approximate surface area is 191 Å². The second-order valence-electron chi connectivity index (χ2n) is 9.64. The molecule has 0 radical (unpaired) electrons. The highest BCUT2D eigenvalue weighted by Crippen LogP contribution is 2.38. The minimum absolute atomic E-state index is 0.163. The molecule has 1 aliphatic carbocycles. The van der Waals surface area contributed by atoms with Gasteiger partial charge < -0.3 is 9.80 Å². The average Bonchev–Trinajstić information content (AvgIpc) is 2.85. The second kappa shape index (κ2) is 9.80. The van der Waals surface area contributed by atoms with E-state index < -0.39 is 5.41 Å². The molecule has 0 spiro atoms. The fourth-order valence-electron chi connectivity index (χ4n) is 5.40. The first-order chi connectivity index (χ1) is 15.5. The molecule has 2 amide bonds. The minimum Gasteiger partial charge on any atom is -0.348 e. The molecule has 6 nitrogen and oxygen atoms in total. The third kappa shape index (κ3) is 4.84. The van der Waals surface area contributed by atoms with E-state index in [4.69, 9.17) is 0 Å². The van der Waals surface area contributed by atoms with Gasteiger partial charge in [0.1, 0.15) is 6.33 Å². The molecule has 2 fully saturated rings. The van der Waals surface area contributed by atoms with Crippen LogP contribution in [0.15, 0.2) is 43.0 Å². The Hall–Kier alpha value is -2.76. The van der Waals surface area contributed by atoms with E-state index >= 15 is 0 Å². The summed E-state index contributed by atoms with van der Waals surface area (Å²) in [5.74, 6) is 0.656. The first kappa shape index (κ1) is 22.4. The molecule has 32 heavy (non-hydrogen) atoms. The number of hydrogen-bond donors (Lipinski definition) is 0. The Kier molecular flexibility index (Phi) is 6.87. The fourth-order valence-corrected chi connectivity index (χ4v) is 5.40. The molecule has 0 unspecified atom stereocenters. The van der Waals surface area contributed by atoms with Gasteiger partial charge in [0.25, 0.3) is 0 Å². The molecular formula is C26H34N4O2. The van der Waals surface area contributed by atoms with Crippen molar-refractivity contribution < 1.29 is 9.59 Å². The lowest BCUT2D eigenvalue weighted by molar-refractivity contribution is -0.148. The summed E-state index contributed by atoms with van der Waals surface area (Å²) in [5, 5.41) is 0. The van der Waals surface area contributed by atoms with Crippen LogP contribution >= 0.6 is 0 Å². The van der Waals surface area contributed by atoms with Crippen molar-refractivity contribution in [3.8, 4) is 11.1 Å². The third-order valence-corrected chi connectivity index (χ3v) is 7.21. The van der Waals surface area contributed by atoms with Crippen LogP contribution in [-0.4, -0.2) is 58.8 Å². The van der Waals surface area contributed by atoms with Crippen molar-refractivity contribution in [3.05, 3.63) is 48.5 Å². The first-order valence-electron chi connectivity index (χ1n) is 11.8. The van der Waals surface area contributed by atoms with E-state index in [9.17, 15) is 9.59 Å². The van der Waals surface area contributed by atoms with Gasteiger partial charge in [-0.1, -0.05) is 43.5 Å². The summed E-state index contributed by atoms with van der Waals surface area (Å²) in [6.45, 7) is 1.34. The number of benzene rings is 1. The minimum atomic E-state index is -0.474. The van der Waals surface area contributed by atoms with Crippen molar-refractivity contribution in [1.82, 2.24) is 19.8 Å². The predicted molar refractivity (Wildman–Crippen MR) is 125 cm³/mol. The van der Waals surface area contributed by atoms with Gasteiger partial charge in [-0.15, -0.1) is 0 Å². The van der Waals surface area contributed by atoms with Gasteiger partial charge in [-0.05, 0) is 43.2 Å². The van der Waals surface area contributed by atoms with Gasteiger partial charge in [0.05, 0.1) is 5.41 Å². The molecule has 1 saturated carbocycles. The van der Waals surface area contributed by atoms with Crippen LogP contribution in [0.3, 0.4) is 0 Å². The number of aromatic nitrogens is 2.